The molecule has 15 heavy (non-hydrogen) atoms. The molecule has 82 valence electrons. The summed E-state index contributed by atoms with van der Waals surface area (Å²) in [5.41, 5.74) is 2.11. The first kappa shape index (κ1) is 12.2. The Labute approximate surface area is 99.2 Å². The molecule has 0 heterocycles. The van der Waals surface area contributed by atoms with Crippen LogP contribution in [0.4, 0.5) is 5.69 Å². The van der Waals surface area contributed by atoms with E-state index in [1.807, 2.05) is 12.1 Å². The molecule has 3 heteroatoms. The Balaban J connectivity index is 3.11. The van der Waals surface area contributed by atoms with E-state index in [2.05, 4.69) is 48.1 Å². The summed E-state index contributed by atoms with van der Waals surface area (Å²) in [7, 11) is 0. The monoisotopic (exact) mass is 269 g/mol. The number of hydrogen-bond donors (Lipinski definition) is 1. The highest BCUT2D eigenvalue weighted by Crippen LogP contribution is 2.28. The minimum absolute atomic E-state index is 0.0482. The molecule has 0 saturated heterocycles. The molecule has 0 aromatic heterocycles. The van der Waals surface area contributed by atoms with Crippen LogP contribution in [-0.4, -0.2) is 5.91 Å². The molecule has 0 bridgehead atoms. The molecule has 1 aromatic rings. The first-order valence-corrected chi connectivity index (χ1v) is 5.67. The number of halogens is 1. The SMILES string of the molecule is CC(=O)Nc1cc(Br)cc(C(C)(C)C)c1. The van der Waals surface area contributed by atoms with E-state index >= 15 is 0 Å². The van der Waals surface area contributed by atoms with E-state index in [9.17, 15) is 4.79 Å². The van der Waals surface area contributed by atoms with Gasteiger partial charge in [-0.05, 0) is 29.2 Å². The van der Waals surface area contributed by atoms with Crippen molar-refractivity contribution in [2.75, 3.05) is 5.32 Å². The van der Waals surface area contributed by atoms with Crippen LogP contribution in [0.15, 0.2) is 22.7 Å². The number of carbonyl (C=O) groups is 1. The predicted molar refractivity (Wildman–Crippen MR) is 67.1 cm³/mol. The summed E-state index contributed by atoms with van der Waals surface area (Å²) in [6, 6.07) is 5.98. The van der Waals surface area contributed by atoms with Gasteiger partial charge >= 0.3 is 0 Å². The number of anilines is 1. The van der Waals surface area contributed by atoms with Crippen molar-refractivity contribution in [2.24, 2.45) is 0 Å². The smallest absolute Gasteiger partial charge is 0.221 e. The molecule has 2 nitrogen and oxygen atoms in total. The van der Waals surface area contributed by atoms with Crippen molar-refractivity contribution in [1.82, 2.24) is 0 Å². The molecule has 0 unspecified atom stereocenters. The molecule has 0 aliphatic carbocycles. The molecule has 0 aliphatic heterocycles. The second kappa shape index (κ2) is 4.35. The summed E-state index contributed by atoms with van der Waals surface area (Å²) in [4.78, 5) is 11.0. The summed E-state index contributed by atoms with van der Waals surface area (Å²) in [5, 5.41) is 2.79. The van der Waals surface area contributed by atoms with Gasteiger partial charge in [-0.25, -0.2) is 0 Å². The third kappa shape index (κ3) is 3.67. The van der Waals surface area contributed by atoms with Crippen LogP contribution in [-0.2, 0) is 10.2 Å². The van der Waals surface area contributed by atoms with E-state index in [4.69, 9.17) is 0 Å². The quantitative estimate of drug-likeness (QED) is 0.828. The first-order chi connectivity index (χ1) is 6.79. The molecule has 0 aliphatic rings. The molecule has 0 spiro atoms. The summed E-state index contributed by atoms with van der Waals surface area (Å²) < 4.78 is 0.985. The van der Waals surface area contributed by atoms with Gasteiger partial charge in [0.15, 0.2) is 0 Å². The Bertz CT molecular complexity index is 380. The van der Waals surface area contributed by atoms with Crippen molar-refractivity contribution >= 4 is 27.5 Å². The van der Waals surface area contributed by atoms with Gasteiger partial charge in [-0.3, -0.25) is 4.79 Å². The fourth-order valence-electron chi connectivity index (χ4n) is 1.30. The highest BCUT2D eigenvalue weighted by molar-refractivity contribution is 9.10. The molecule has 1 amide bonds. The molecule has 0 atom stereocenters. The van der Waals surface area contributed by atoms with Crippen LogP contribution in [0.1, 0.15) is 33.3 Å². The third-order valence-corrected chi connectivity index (χ3v) is 2.54. The largest absolute Gasteiger partial charge is 0.326 e. The molecular weight excluding hydrogens is 254 g/mol. The zero-order chi connectivity index (χ0) is 11.6. The topological polar surface area (TPSA) is 29.1 Å². The molecule has 0 fully saturated rings. The second-order valence-corrected chi connectivity index (χ2v) is 5.58. The molecule has 0 radical (unpaired) electrons. The van der Waals surface area contributed by atoms with E-state index in [1.165, 1.54) is 12.5 Å². The zero-order valence-corrected chi connectivity index (χ0v) is 11.1. The van der Waals surface area contributed by atoms with E-state index in [0.29, 0.717) is 0 Å². The lowest BCUT2D eigenvalue weighted by atomic mass is 9.87. The lowest BCUT2D eigenvalue weighted by Crippen LogP contribution is -2.13. The van der Waals surface area contributed by atoms with Crippen LogP contribution in [0.3, 0.4) is 0 Å². The predicted octanol–water partition coefficient (Wildman–Crippen LogP) is 3.71. The molecule has 0 saturated carbocycles. The second-order valence-electron chi connectivity index (χ2n) is 4.66. The van der Waals surface area contributed by atoms with Gasteiger partial charge in [-0.2, -0.15) is 0 Å². The number of benzene rings is 1. The highest BCUT2D eigenvalue weighted by Gasteiger charge is 2.15. The van der Waals surface area contributed by atoms with Crippen molar-refractivity contribution in [2.45, 2.75) is 33.1 Å². The lowest BCUT2D eigenvalue weighted by Gasteiger charge is -2.20. The number of nitrogens with one attached hydrogen (secondary N) is 1. The minimum Gasteiger partial charge on any atom is -0.326 e. The average Bonchev–Trinajstić information content (AvgIpc) is 1.99. The van der Waals surface area contributed by atoms with Gasteiger partial charge in [0.2, 0.25) is 5.91 Å². The van der Waals surface area contributed by atoms with E-state index < -0.39 is 0 Å². The van der Waals surface area contributed by atoms with Crippen molar-refractivity contribution in [3.05, 3.63) is 28.2 Å². The maximum Gasteiger partial charge on any atom is 0.221 e. The van der Waals surface area contributed by atoms with E-state index in [1.54, 1.807) is 0 Å². The number of amides is 1. The Morgan fingerprint density at radius 1 is 1.27 bits per heavy atom. The van der Waals surface area contributed by atoms with Crippen molar-refractivity contribution < 1.29 is 4.79 Å². The van der Waals surface area contributed by atoms with Crippen molar-refractivity contribution in [3.63, 3.8) is 0 Å². The van der Waals surface area contributed by atoms with Crippen LogP contribution in [0.5, 0.6) is 0 Å². The van der Waals surface area contributed by atoms with Gasteiger partial charge in [-0.15, -0.1) is 0 Å². The number of rotatable bonds is 1. The van der Waals surface area contributed by atoms with Crippen molar-refractivity contribution in [3.8, 4) is 0 Å². The zero-order valence-electron chi connectivity index (χ0n) is 9.52. The molecule has 1 aromatic carbocycles. The van der Waals surface area contributed by atoms with Crippen LogP contribution < -0.4 is 5.32 Å². The Hall–Kier alpha value is -0.830. The normalized spacial score (nSPS) is 11.3. The highest BCUT2D eigenvalue weighted by atomic mass is 79.9. The van der Waals surface area contributed by atoms with Crippen LogP contribution >= 0.6 is 15.9 Å². The maximum atomic E-state index is 11.0. The van der Waals surface area contributed by atoms with Crippen molar-refractivity contribution in [1.29, 1.82) is 0 Å². The molecule has 1 N–H and O–H groups in total. The van der Waals surface area contributed by atoms with Crippen LogP contribution in [0, 0.1) is 0 Å². The van der Waals surface area contributed by atoms with Crippen LogP contribution in [0.2, 0.25) is 0 Å². The Kier molecular flexibility index (Phi) is 3.55. The van der Waals surface area contributed by atoms with Gasteiger partial charge in [0.25, 0.3) is 0 Å². The van der Waals surface area contributed by atoms with Crippen LogP contribution in [0.25, 0.3) is 0 Å². The first-order valence-electron chi connectivity index (χ1n) is 4.88. The van der Waals surface area contributed by atoms with E-state index in [0.717, 1.165) is 10.2 Å². The summed E-state index contributed by atoms with van der Waals surface area (Å²) >= 11 is 3.44. The lowest BCUT2D eigenvalue weighted by molar-refractivity contribution is -0.114. The van der Waals surface area contributed by atoms with Gasteiger partial charge in [-0.1, -0.05) is 36.7 Å². The number of carbonyl (C=O) groups excluding carboxylic acids is 1. The van der Waals surface area contributed by atoms with Gasteiger partial charge in [0, 0.05) is 17.1 Å². The van der Waals surface area contributed by atoms with Gasteiger partial charge < -0.3 is 5.32 Å². The summed E-state index contributed by atoms with van der Waals surface area (Å²) in [5.74, 6) is -0.0482. The number of hydrogen-bond acceptors (Lipinski definition) is 1. The fraction of sp³-hybridized carbons (Fsp3) is 0.417. The molecular formula is C12H16BrNO. The summed E-state index contributed by atoms with van der Waals surface area (Å²) in [6.07, 6.45) is 0. The van der Waals surface area contributed by atoms with Gasteiger partial charge in [0.05, 0.1) is 0 Å². The fourth-order valence-corrected chi connectivity index (χ4v) is 1.79. The third-order valence-electron chi connectivity index (χ3n) is 2.08. The Morgan fingerprint density at radius 3 is 2.33 bits per heavy atom. The Morgan fingerprint density at radius 2 is 1.87 bits per heavy atom. The standard InChI is InChI=1S/C12H16BrNO/c1-8(15)14-11-6-9(12(2,3)4)5-10(13)7-11/h5-7H,1-4H3,(H,14,15). The maximum absolute atomic E-state index is 11.0. The van der Waals surface area contributed by atoms with E-state index in [-0.39, 0.29) is 11.3 Å². The summed E-state index contributed by atoms with van der Waals surface area (Å²) in [6.45, 7) is 7.95. The minimum atomic E-state index is -0.0482. The average molecular weight is 270 g/mol. The van der Waals surface area contributed by atoms with Gasteiger partial charge in [0.1, 0.15) is 0 Å². The molecule has 1 rings (SSSR count).